The Morgan fingerprint density at radius 3 is 2.08 bits per heavy atom. The van der Waals surface area contributed by atoms with Gasteiger partial charge in [0.2, 0.25) is 0 Å². The maximum Gasteiger partial charge on any atom is -0.00515 e. The Labute approximate surface area is 76.7 Å². The van der Waals surface area contributed by atoms with Crippen molar-refractivity contribution in [2.24, 2.45) is 17.4 Å². The highest BCUT2D eigenvalue weighted by atomic mass is 14.5. The van der Waals surface area contributed by atoms with E-state index in [-0.39, 0.29) is 0 Å². The Bertz CT molecular complexity index is 83.9. The minimum absolute atomic E-state index is 0.708. The van der Waals surface area contributed by atoms with Gasteiger partial charge in [-0.1, -0.05) is 32.6 Å². The summed E-state index contributed by atoms with van der Waals surface area (Å²) in [5.41, 5.74) is 10.9. The molecule has 1 atom stereocenters. The maximum absolute atomic E-state index is 5.52. The molecule has 0 aromatic carbocycles. The summed E-state index contributed by atoms with van der Waals surface area (Å²) in [7, 11) is 0. The van der Waals surface area contributed by atoms with Crippen LogP contribution >= 0.6 is 0 Å². The standard InChI is InChI=1S/C10H24N2/c1-10(9-12)7-5-3-2-4-6-8-11/h10H,2-9,11-12H2,1H3. The first kappa shape index (κ1) is 11.9. The molecule has 12 heavy (non-hydrogen) atoms. The van der Waals surface area contributed by atoms with E-state index in [2.05, 4.69) is 6.92 Å². The highest BCUT2D eigenvalue weighted by Crippen LogP contribution is 2.09. The fourth-order valence-corrected chi connectivity index (χ4v) is 1.29. The van der Waals surface area contributed by atoms with Gasteiger partial charge < -0.3 is 11.5 Å². The summed E-state index contributed by atoms with van der Waals surface area (Å²) < 4.78 is 0. The summed E-state index contributed by atoms with van der Waals surface area (Å²) in [6.45, 7) is 3.90. The fourth-order valence-electron chi connectivity index (χ4n) is 1.29. The van der Waals surface area contributed by atoms with Gasteiger partial charge in [0.15, 0.2) is 0 Å². The smallest absolute Gasteiger partial charge is 0.00515 e. The first-order valence-electron chi connectivity index (χ1n) is 5.21. The van der Waals surface area contributed by atoms with Crippen molar-refractivity contribution in [1.29, 1.82) is 0 Å². The van der Waals surface area contributed by atoms with E-state index in [4.69, 9.17) is 11.5 Å². The topological polar surface area (TPSA) is 52.0 Å². The minimum Gasteiger partial charge on any atom is -0.330 e. The van der Waals surface area contributed by atoms with Crippen molar-refractivity contribution in [2.45, 2.75) is 45.4 Å². The largest absolute Gasteiger partial charge is 0.330 e. The molecular weight excluding hydrogens is 148 g/mol. The molecule has 74 valence electrons. The molecule has 0 aliphatic heterocycles. The highest BCUT2D eigenvalue weighted by molar-refractivity contribution is 4.53. The second-order valence-electron chi connectivity index (χ2n) is 3.69. The number of nitrogens with two attached hydrogens (primary N) is 2. The van der Waals surface area contributed by atoms with Gasteiger partial charge >= 0.3 is 0 Å². The molecule has 0 bridgehead atoms. The quantitative estimate of drug-likeness (QED) is 0.549. The molecule has 0 aromatic rings. The fraction of sp³-hybridized carbons (Fsp3) is 1.00. The predicted molar refractivity (Wildman–Crippen MR) is 55.0 cm³/mol. The van der Waals surface area contributed by atoms with Crippen LogP contribution in [0.25, 0.3) is 0 Å². The molecule has 0 saturated heterocycles. The molecule has 0 rings (SSSR count). The van der Waals surface area contributed by atoms with Gasteiger partial charge in [0.25, 0.3) is 0 Å². The Morgan fingerprint density at radius 2 is 1.50 bits per heavy atom. The van der Waals surface area contributed by atoms with Crippen LogP contribution in [0.1, 0.15) is 45.4 Å². The van der Waals surface area contributed by atoms with Gasteiger partial charge in [-0.3, -0.25) is 0 Å². The van der Waals surface area contributed by atoms with Gasteiger partial charge in [-0.05, 0) is 31.8 Å². The molecule has 1 unspecified atom stereocenters. The maximum atomic E-state index is 5.52. The molecule has 0 aliphatic carbocycles. The monoisotopic (exact) mass is 172 g/mol. The SMILES string of the molecule is CC(CN)CCCCCCCN. The lowest BCUT2D eigenvalue weighted by molar-refractivity contribution is 0.492. The zero-order chi connectivity index (χ0) is 9.23. The van der Waals surface area contributed by atoms with Gasteiger partial charge in [0.05, 0.1) is 0 Å². The van der Waals surface area contributed by atoms with Crippen molar-refractivity contribution in [1.82, 2.24) is 0 Å². The van der Waals surface area contributed by atoms with Gasteiger partial charge in [-0.25, -0.2) is 0 Å². The van der Waals surface area contributed by atoms with Gasteiger partial charge in [-0.2, -0.15) is 0 Å². The van der Waals surface area contributed by atoms with Crippen LogP contribution in [0.4, 0.5) is 0 Å². The summed E-state index contributed by atoms with van der Waals surface area (Å²) in [5, 5.41) is 0. The zero-order valence-electron chi connectivity index (χ0n) is 8.39. The van der Waals surface area contributed by atoms with Crippen LogP contribution in [0, 0.1) is 5.92 Å². The highest BCUT2D eigenvalue weighted by Gasteiger charge is 1.97. The number of hydrogen-bond donors (Lipinski definition) is 2. The summed E-state index contributed by atoms with van der Waals surface area (Å²) in [6, 6.07) is 0. The van der Waals surface area contributed by atoms with Crippen molar-refractivity contribution >= 4 is 0 Å². The lowest BCUT2D eigenvalue weighted by Gasteiger charge is -2.06. The van der Waals surface area contributed by atoms with Crippen LogP contribution in [-0.4, -0.2) is 13.1 Å². The lowest BCUT2D eigenvalue weighted by Crippen LogP contribution is -2.10. The third kappa shape index (κ3) is 8.02. The van der Waals surface area contributed by atoms with Crippen molar-refractivity contribution in [2.75, 3.05) is 13.1 Å². The molecule has 0 aliphatic rings. The molecule has 0 amide bonds. The van der Waals surface area contributed by atoms with Crippen molar-refractivity contribution < 1.29 is 0 Å². The molecule has 0 saturated carbocycles. The molecule has 0 radical (unpaired) electrons. The number of unbranched alkanes of at least 4 members (excludes halogenated alkanes) is 4. The minimum atomic E-state index is 0.708. The molecule has 0 heterocycles. The first-order valence-corrected chi connectivity index (χ1v) is 5.21. The average Bonchev–Trinajstić information content (AvgIpc) is 2.10. The van der Waals surface area contributed by atoms with Crippen LogP contribution in [0.2, 0.25) is 0 Å². The predicted octanol–water partition coefficient (Wildman–Crippen LogP) is 1.88. The van der Waals surface area contributed by atoms with E-state index in [0.717, 1.165) is 13.1 Å². The van der Waals surface area contributed by atoms with E-state index < -0.39 is 0 Å². The lowest BCUT2D eigenvalue weighted by atomic mass is 10.0. The molecule has 2 nitrogen and oxygen atoms in total. The molecule has 2 heteroatoms. The summed E-state index contributed by atoms with van der Waals surface area (Å²) in [6.07, 6.45) is 7.81. The average molecular weight is 172 g/mol. The van der Waals surface area contributed by atoms with Crippen molar-refractivity contribution in [3.05, 3.63) is 0 Å². The third-order valence-electron chi connectivity index (χ3n) is 2.30. The zero-order valence-corrected chi connectivity index (χ0v) is 8.39. The van der Waals surface area contributed by atoms with Gasteiger partial charge in [-0.15, -0.1) is 0 Å². The summed E-state index contributed by atoms with van der Waals surface area (Å²) >= 11 is 0. The molecule has 0 fully saturated rings. The number of rotatable bonds is 8. The molecule has 0 spiro atoms. The second-order valence-corrected chi connectivity index (χ2v) is 3.69. The first-order chi connectivity index (χ1) is 5.81. The third-order valence-corrected chi connectivity index (χ3v) is 2.30. The van der Waals surface area contributed by atoms with Crippen LogP contribution in [0.3, 0.4) is 0 Å². The van der Waals surface area contributed by atoms with Gasteiger partial charge in [0, 0.05) is 0 Å². The van der Waals surface area contributed by atoms with Crippen LogP contribution < -0.4 is 11.5 Å². The molecule has 4 N–H and O–H groups in total. The normalized spacial score (nSPS) is 13.2. The van der Waals surface area contributed by atoms with E-state index in [1.54, 1.807) is 0 Å². The van der Waals surface area contributed by atoms with E-state index in [1.165, 1.54) is 38.5 Å². The summed E-state index contributed by atoms with van der Waals surface area (Å²) in [5.74, 6) is 0.708. The Morgan fingerprint density at radius 1 is 0.917 bits per heavy atom. The summed E-state index contributed by atoms with van der Waals surface area (Å²) in [4.78, 5) is 0. The number of hydrogen-bond acceptors (Lipinski definition) is 2. The van der Waals surface area contributed by atoms with Gasteiger partial charge in [0.1, 0.15) is 0 Å². The van der Waals surface area contributed by atoms with Crippen LogP contribution in [0.5, 0.6) is 0 Å². The van der Waals surface area contributed by atoms with Crippen LogP contribution in [0.15, 0.2) is 0 Å². The van der Waals surface area contributed by atoms with E-state index in [1.807, 2.05) is 0 Å². The second kappa shape index (κ2) is 9.01. The Hall–Kier alpha value is -0.0800. The Kier molecular flexibility index (Phi) is 8.95. The van der Waals surface area contributed by atoms with E-state index >= 15 is 0 Å². The molecular formula is C10H24N2. The van der Waals surface area contributed by atoms with E-state index in [0.29, 0.717) is 5.92 Å². The molecule has 0 aromatic heterocycles. The van der Waals surface area contributed by atoms with Crippen LogP contribution in [-0.2, 0) is 0 Å². The van der Waals surface area contributed by atoms with E-state index in [9.17, 15) is 0 Å². The van der Waals surface area contributed by atoms with Crippen molar-refractivity contribution in [3.8, 4) is 0 Å². The Balaban J connectivity index is 2.90. The van der Waals surface area contributed by atoms with Crippen molar-refractivity contribution in [3.63, 3.8) is 0 Å².